The maximum Gasteiger partial charge on any atom is 0.318 e. The number of fused-ring (bicyclic) bond motifs is 1. The molecular formula is C19H22N2O4. The second-order valence-electron chi connectivity index (χ2n) is 5.75. The standard InChI is InChI=1S/C19H22N2O4/c1-23-10-9-21(13-15-5-3-2-4-6-15)19(22)20-12-16-7-8-17-18(11-16)25-14-24-17/h2-8,11H,9-10,12-14H2,1H3,(H,20,22). The summed E-state index contributed by atoms with van der Waals surface area (Å²) in [6, 6.07) is 15.4. The zero-order valence-electron chi connectivity index (χ0n) is 14.2. The van der Waals surface area contributed by atoms with E-state index in [0.717, 1.165) is 16.9 Å². The van der Waals surface area contributed by atoms with Crippen LogP contribution in [0.3, 0.4) is 0 Å². The quantitative estimate of drug-likeness (QED) is 0.840. The van der Waals surface area contributed by atoms with Crippen LogP contribution in [0.2, 0.25) is 0 Å². The number of carbonyl (C=O) groups is 1. The van der Waals surface area contributed by atoms with Gasteiger partial charge in [-0.3, -0.25) is 0 Å². The third-order valence-electron chi connectivity index (χ3n) is 3.95. The van der Waals surface area contributed by atoms with Crippen molar-refractivity contribution < 1.29 is 19.0 Å². The van der Waals surface area contributed by atoms with Gasteiger partial charge >= 0.3 is 6.03 Å². The molecule has 0 aliphatic carbocycles. The monoisotopic (exact) mass is 342 g/mol. The highest BCUT2D eigenvalue weighted by atomic mass is 16.7. The summed E-state index contributed by atoms with van der Waals surface area (Å²) in [6.45, 7) is 2.22. The first-order valence-electron chi connectivity index (χ1n) is 8.20. The van der Waals surface area contributed by atoms with Gasteiger partial charge < -0.3 is 24.4 Å². The van der Waals surface area contributed by atoms with E-state index in [4.69, 9.17) is 14.2 Å². The van der Waals surface area contributed by atoms with E-state index < -0.39 is 0 Å². The maximum atomic E-state index is 12.6. The number of hydrogen-bond donors (Lipinski definition) is 1. The molecule has 1 aliphatic rings. The molecule has 0 unspecified atom stereocenters. The van der Waals surface area contributed by atoms with Crippen molar-refractivity contribution in [1.29, 1.82) is 0 Å². The number of hydrogen-bond acceptors (Lipinski definition) is 4. The van der Waals surface area contributed by atoms with Crippen LogP contribution in [0.4, 0.5) is 4.79 Å². The SMILES string of the molecule is COCCN(Cc1ccccc1)C(=O)NCc1ccc2c(c1)OCO2. The number of methoxy groups -OCH3 is 1. The molecule has 25 heavy (non-hydrogen) atoms. The smallest absolute Gasteiger partial charge is 0.318 e. The Morgan fingerprint density at radius 2 is 1.92 bits per heavy atom. The van der Waals surface area contributed by atoms with Gasteiger partial charge in [-0.15, -0.1) is 0 Å². The molecule has 2 aromatic rings. The van der Waals surface area contributed by atoms with Crippen LogP contribution in [0.1, 0.15) is 11.1 Å². The predicted octanol–water partition coefficient (Wildman–Crippen LogP) is 2.77. The molecule has 0 fully saturated rings. The third-order valence-corrected chi connectivity index (χ3v) is 3.95. The summed E-state index contributed by atoms with van der Waals surface area (Å²) in [6.07, 6.45) is 0. The van der Waals surface area contributed by atoms with Crippen molar-refractivity contribution in [1.82, 2.24) is 10.2 Å². The molecular weight excluding hydrogens is 320 g/mol. The Morgan fingerprint density at radius 1 is 1.12 bits per heavy atom. The van der Waals surface area contributed by atoms with E-state index in [2.05, 4.69) is 5.32 Å². The molecule has 0 bridgehead atoms. The number of urea groups is 1. The van der Waals surface area contributed by atoms with Crippen LogP contribution < -0.4 is 14.8 Å². The van der Waals surface area contributed by atoms with Gasteiger partial charge in [0, 0.05) is 26.7 Å². The summed E-state index contributed by atoms with van der Waals surface area (Å²) in [4.78, 5) is 14.3. The van der Waals surface area contributed by atoms with E-state index in [1.165, 1.54) is 0 Å². The van der Waals surface area contributed by atoms with Crippen LogP contribution >= 0.6 is 0 Å². The van der Waals surface area contributed by atoms with Crippen LogP contribution in [0.15, 0.2) is 48.5 Å². The topological polar surface area (TPSA) is 60.0 Å². The Labute approximate surface area is 147 Å². The van der Waals surface area contributed by atoms with E-state index in [1.807, 2.05) is 48.5 Å². The number of amides is 2. The zero-order valence-corrected chi connectivity index (χ0v) is 14.2. The zero-order chi connectivity index (χ0) is 17.5. The predicted molar refractivity (Wildman–Crippen MR) is 93.5 cm³/mol. The van der Waals surface area contributed by atoms with Crippen molar-refractivity contribution in [3.63, 3.8) is 0 Å². The number of rotatable bonds is 7. The number of carbonyl (C=O) groups excluding carboxylic acids is 1. The Balaban J connectivity index is 1.59. The lowest BCUT2D eigenvalue weighted by Crippen LogP contribution is -2.40. The fourth-order valence-electron chi connectivity index (χ4n) is 2.60. The molecule has 0 spiro atoms. The minimum Gasteiger partial charge on any atom is -0.454 e. The van der Waals surface area contributed by atoms with Crippen molar-refractivity contribution in [2.24, 2.45) is 0 Å². The molecule has 0 saturated heterocycles. The summed E-state index contributed by atoms with van der Waals surface area (Å²) in [5, 5.41) is 2.95. The lowest BCUT2D eigenvalue weighted by atomic mass is 10.2. The minimum absolute atomic E-state index is 0.126. The second-order valence-corrected chi connectivity index (χ2v) is 5.75. The van der Waals surface area contributed by atoms with E-state index in [-0.39, 0.29) is 12.8 Å². The summed E-state index contributed by atoms with van der Waals surface area (Å²) >= 11 is 0. The van der Waals surface area contributed by atoms with Crippen molar-refractivity contribution in [2.45, 2.75) is 13.1 Å². The molecule has 132 valence electrons. The van der Waals surface area contributed by atoms with Crippen molar-refractivity contribution in [2.75, 3.05) is 27.1 Å². The Hall–Kier alpha value is -2.73. The summed E-state index contributed by atoms with van der Waals surface area (Å²) in [5.74, 6) is 1.45. The van der Waals surface area contributed by atoms with Gasteiger partial charge in [-0.25, -0.2) is 4.79 Å². The summed E-state index contributed by atoms with van der Waals surface area (Å²) in [5.41, 5.74) is 2.04. The van der Waals surface area contributed by atoms with E-state index in [0.29, 0.717) is 32.0 Å². The lowest BCUT2D eigenvalue weighted by molar-refractivity contribution is 0.146. The number of nitrogens with zero attached hydrogens (tertiary/aromatic N) is 1. The van der Waals surface area contributed by atoms with Crippen LogP contribution in [0.5, 0.6) is 11.5 Å². The van der Waals surface area contributed by atoms with Gasteiger partial charge in [-0.1, -0.05) is 36.4 Å². The van der Waals surface area contributed by atoms with Gasteiger partial charge in [0.15, 0.2) is 11.5 Å². The van der Waals surface area contributed by atoms with E-state index in [1.54, 1.807) is 12.0 Å². The third kappa shape index (κ3) is 4.64. The first kappa shape index (κ1) is 17.1. The fourth-order valence-corrected chi connectivity index (χ4v) is 2.60. The highest BCUT2D eigenvalue weighted by Crippen LogP contribution is 2.32. The second kappa shape index (κ2) is 8.39. The normalized spacial score (nSPS) is 12.0. The largest absolute Gasteiger partial charge is 0.454 e. The first-order chi connectivity index (χ1) is 12.3. The first-order valence-corrected chi connectivity index (χ1v) is 8.20. The van der Waals surface area contributed by atoms with Crippen molar-refractivity contribution in [3.05, 3.63) is 59.7 Å². The fraction of sp³-hybridized carbons (Fsp3) is 0.316. The van der Waals surface area contributed by atoms with Crippen LogP contribution in [-0.2, 0) is 17.8 Å². The van der Waals surface area contributed by atoms with E-state index >= 15 is 0 Å². The van der Waals surface area contributed by atoms with Crippen LogP contribution in [-0.4, -0.2) is 38.0 Å². The van der Waals surface area contributed by atoms with Crippen LogP contribution in [0, 0.1) is 0 Å². The summed E-state index contributed by atoms with van der Waals surface area (Å²) in [7, 11) is 1.63. The Kier molecular flexibility index (Phi) is 5.74. The highest BCUT2D eigenvalue weighted by Gasteiger charge is 2.16. The average Bonchev–Trinajstić information content (AvgIpc) is 3.11. The number of benzene rings is 2. The van der Waals surface area contributed by atoms with Crippen LogP contribution in [0.25, 0.3) is 0 Å². The molecule has 3 rings (SSSR count). The van der Waals surface area contributed by atoms with Gasteiger partial charge in [0.25, 0.3) is 0 Å². The van der Waals surface area contributed by atoms with Gasteiger partial charge in [0.2, 0.25) is 6.79 Å². The maximum absolute atomic E-state index is 12.6. The molecule has 0 atom stereocenters. The molecule has 2 amide bonds. The van der Waals surface area contributed by atoms with Crippen molar-refractivity contribution in [3.8, 4) is 11.5 Å². The Morgan fingerprint density at radius 3 is 2.72 bits per heavy atom. The van der Waals surface area contributed by atoms with Gasteiger partial charge in [-0.2, -0.15) is 0 Å². The molecule has 0 saturated carbocycles. The molecule has 0 radical (unpaired) electrons. The van der Waals surface area contributed by atoms with Crippen molar-refractivity contribution >= 4 is 6.03 Å². The summed E-state index contributed by atoms with van der Waals surface area (Å²) < 4.78 is 15.8. The van der Waals surface area contributed by atoms with Gasteiger partial charge in [0.05, 0.1) is 6.61 Å². The molecule has 1 N–H and O–H groups in total. The minimum atomic E-state index is -0.126. The average molecular weight is 342 g/mol. The van der Waals surface area contributed by atoms with Gasteiger partial charge in [0.1, 0.15) is 0 Å². The Bertz CT molecular complexity index is 706. The molecule has 6 heteroatoms. The molecule has 1 aliphatic heterocycles. The molecule has 0 aromatic heterocycles. The molecule has 2 aromatic carbocycles. The number of ether oxygens (including phenoxy) is 3. The number of nitrogens with one attached hydrogen (secondary N) is 1. The molecule has 6 nitrogen and oxygen atoms in total. The highest BCUT2D eigenvalue weighted by molar-refractivity contribution is 5.74. The molecule has 1 heterocycles. The lowest BCUT2D eigenvalue weighted by Gasteiger charge is -2.23. The van der Waals surface area contributed by atoms with Gasteiger partial charge in [-0.05, 0) is 23.3 Å². The van der Waals surface area contributed by atoms with E-state index in [9.17, 15) is 4.79 Å².